The number of hydrogen-bond donors (Lipinski definition) is 2. The number of carbonyl (C=O) groups is 2. The van der Waals surface area contributed by atoms with Crippen LogP contribution in [0, 0.1) is 5.82 Å². The maximum atomic E-state index is 12.8. The molecule has 0 heterocycles. The number of hydrogen-bond acceptors (Lipinski definition) is 5. The van der Waals surface area contributed by atoms with E-state index in [9.17, 15) is 14.0 Å². The fraction of sp³-hybridized carbons (Fsp3) is 0.211. The van der Waals surface area contributed by atoms with Gasteiger partial charge in [-0.15, -0.1) is 0 Å². The number of nitrogens with zero attached hydrogens (tertiary/aromatic N) is 1. The van der Waals surface area contributed by atoms with Gasteiger partial charge in [0.15, 0.2) is 0 Å². The summed E-state index contributed by atoms with van der Waals surface area (Å²) < 4.78 is 23.1. The minimum Gasteiger partial charge on any atom is -0.497 e. The number of hydrazone groups is 1. The lowest BCUT2D eigenvalue weighted by Gasteiger charge is -2.07. The summed E-state index contributed by atoms with van der Waals surface area (Å²) in [4.78, 5) is 23.6. The van der Waals surface area contributed by atoms with Crippen molar-refractivity contribution >= 4 is 23.7 Å². The van der Waals surface area contributed by atoms with Crippen molar-refractivity contribution in [2.75, 3.05) is 19.5 Å². The summed E-state index contributed by atoms with van der Waals surface area (Å²) in [7, 11) is 3.07. The lowest BCUT2D eigenvalue weighted by Crippen LogP contribution is -2.20. The van der Waals surface area contributed by atoms with Crippen molar-refractivity contribution in [3.8, 4) is 11.5 Å². The van der Waals surface area contributed by atoms with Crippen LogP contribution in [0.25, 0.3) is 0 Å². The van der Waals surface area contributed by atoms with E-state index in [1.54, 1.807) is 25.3 Å². The third-order valence-corrected chi connectivity index (χ3v) is 3.54. The molecular formula is C19H20FN3O4. The largest absolute Gasteiger partial charge is 0.497 e. The van der Waals surface area contributed by atoms with Crippen molar-refractivity contribution in [1.29, 1.82) is 0 Å². The van der Waals surface area contributed by atoms with E-state index < -0.39 is 11.7 Å². The van der Waals surface area contributed by atoms with E-state index in [1.807, 2.05) is 0 Å². The maximum absolute atomic E-state index is 12.8. The highest BCUT2D eigenvalue weighted by Gasteiger charge is 2.07. The molecule has 0 saturated heterocycles. The minimum atomic E-state index is -0.409. The first-order valence-electron chi connectivity index (χ1n) is 8.11. The first-order chi connectivity index (χ1) is 13.0. The van der Waals surface area contributed by atoms with Crippen LogP contribution in [0.15, 0.2) is 47.6 Å². The Hall–Kier alpha value is -3.42. The molecule has 0 aliphatic rings. The molecule has 0 spiro atoms. The molecular weight excluding hydrogens is 353 g/mol. The number of amides is 2. The third-order valence-electron chi connectivity index (χ3n) is 3.54. The quantitative estimate of drug-likeness (QED) is 0.550. The van der Waals surface area contributed by atoms with E-state index in [4.69, 9.17) is 9.47 Å². The molecule has 0 saturated carbocycles. The van der Waals surface area contributed by atoms with E-state index in [1.165, 1.54) is 37.6 Å². The van der Waals surface area contributed by atoms with Crippen LogP contribution in [0.5, 0.6) is 11.5 Å². The van der Waals surface area contributed by atoms with Crippen LogP contribution in [0.3, 0.4) is 0 Å². The summed E-state index contributed by atoms with van der Waals surface area (Å²) in [6.45, 7) is 0. The van der Waals surface area contributed by atoms with Crippen LogP contribution in [0.1, 0.15) is 18.4 Å². The molecule has 2 aromatic rings. The highest BCUT2D eigenvalue weighted by atomic mass is 19.1. The Bertz CT molecular complexity index is 822. The van der Waals surface area contributed by atoms with Gasteiger partial charge in [0.05, 0.1) is 20.4 Å². The zero-order valence-corrected chi connectivity index (χ0v) is 15.0. The van der Waals surface area contributed by atoms with Gasteiger partial charge in [-0.2, -0.15) is 5.10 Å². The summed E-state index contributed by atoms with van der Waals surface area (Å²) >= 11 is 0. The van der Waals surface area contributed by atoms with E-state index >= 15 is 0 Å². The van der Waals surface area contributed by atoms with E-state index in [-0.39, 0.29) is 18.7 Å². The van der Waals surface area contributed by atoms with Gasteiger partial charge in [0.2, 0.25) is 11.8 Å². The van der Waals surface area contributed by atoms with E-state index in [0.29, 0.717) is 22.7 Å². The Morgan fingerprint density at radius 3 is 2.41 bits per heavy atom. The number of carbonyl (C=O) groups excluding carboxylic acids is 2. The molecule has 2 amide bonds. The second kappa shape index (κ2) is 9.91. The second-order valence-corrected chi connectivity index (χ2v) is 5.46. The van der Waals surface area contributed by atoms with Crippen molar-refractivity contribution in [3.05, 3.63) is 53.8 Å². The highest BCUT2D eigenvalue weighted by Crippen LogP contribution is 2.22. The van der Waals surface area contributed by atoms with E-state index in [0.717, 1.165) is 0 Å². The molecule has 0 unspecified atom stereocenters. The summed E-state index contributed by atoms with van der Waals surface area (Å²) in [5.41, 5.74) is 3.48. The molecule has 0 aliphatic heterocycles. The zero-order chi connectivity index (χ0) is 19.6. The van der Waals surface area contributed by atoms with Crippen LogP contribution >= 0.6 is 0 Å². The second-order valence-electron chi connectivity index (χ2n) is 5.46. The normalized spacial score (nSPS) is 10.5. The summed E-state index contributed by atoms with van der Waals surface area (Å²) in [5, 5.41) is 6.44. The van der Waals surface area contributed by atoms with Gasteiger partial charge >= 0.3 is 0 Å². The highest BCUT2D eigenvalue weighted by molar-refractivity contribution is 5.93. The van der Waals surface area contributed by atoms with Gasteiger partial charge in [0, 0.05) is 30.2 Å². The first kappa shape index (κ1) is 19.9. The standard InChI is InChI=1S/C19H20FN3O4/c1-26-16-8-3-13(17(11-16)27-2)12-21-23-19(25)10-9-18(24)22-15-6-4-14(20)5-7-15/h3-8,11-12H,9-10H2,1-2H3,(H,22,24)(H,23,25)/b21-12+. The SMILES string of the molecule is COc1ccc(/C=N/NC(=O)CCC(=O)Nc2ccc(F)cc2)c(OC)c1. The summed E-state index contributed by atoms with van der Waals surface area (Å²) in [6.07, 6.45) is 1.38. The Morgan fingerprint density at radius 1 is 1.04 bits per heavy atom. The number of anilines is 1. The third kappa shape index (κ3) is 6.43. The van der Waals surface area contributed by atoms with Crippen LogP contribution < -0.4 is 20.2 Å². The van der Waals surface area contributed by atoms with Crippen molar-refractivity contribution in [2.24, 2.45) is 5.10 Å². The number of halogens is 1. The van der Waals surface area contributed by atoms with Crippen LogP contribution in [-0.4, -0.2) is 32.2 Å². The van der Waals surface area contributed by atoms with Gasteiger partial charge in [-0.05, 0) is 36.4 Å². The molecule has 2 rings (SSSR count). The lowest BCUT2D eigenvalue weighted by molar-refractivity contribution is -0.124. The number of ether oxygens (including phenoxy) is 2. The zero-order valence-electron chi connectivity index (χ0n) is 15.0. The molecule has 0 aromatic heterocycles. The van der Waals surface area contributed by atoms with Gasteiger partial charge in [0.25, 0.3) is 0 Å². The van der Waals surface area contributed by atoms with Crippen LogP contribution in [0.4, 0.5) is 10.1 Å². The Morgan fingerprint density at radius 2 is 1.74 bits per heavy atom. The molecule has 27 heavy (non-hydrogen) atoms. The van der Waals surface area contributed by atoms with Crippen molar-refractivity contribution < 1.29 is 23.5 Å². The van der Waals surface area contributed by atoms with Crippen LogP contribution in [-0.2, 0) is 9.59 Å². The average molecular weight is 373 g/mol. The molecule has 0 bridgehead atoms. The molecule has 0 aliphatic carbocycles. The number of rotatable bonds is 8. The van der Waals surface area contributed by atoms with E-state index in [2.05, 4.69) is 15.8 Å². The average Bonchev–Trinajstić information content (AvgIpc) is 2.68. The molecule has 2 aromatic carbocycles. The fourth-order valence-electron chi connectivity index (χ4n) is 2.14. The Balaban J connectivity index is 1.79. The van der Waals surface area contributed by atoms with Crippen molar-refractivity contribution in [1.82, 2.24) is 5.43 Å². The van der Waals surface area contributed by atoms with Gasteiger partial charge in [-0.25, -0.2) is 9.82 Å². The molecule has 142 valence electrons. The van der Waals surface area contributed by atoms with Crippen molar-refractivity contribution in [2.45, 2.75) is 12.8 Å². The number of nitrogens with one attached hydrogen (secondary N) is 2. The Kier molecular flexibility index (Phi) is 7.30. The van der Waals surface area contributed by atoms with Gasteiger partial charge < -0.3 is 14.8 Å². The summed E-state index contributed by atoms with van der Waals surface area (Å²) in [6, 6.07) is 10.5. The predicted octanol–water partition coefficient (Wildman–Crippen LogP) is 2.71. The monoisotopic (exact) mass is 373 g/mol. The smallest absolute Gasteiger partial charge is 0.240 e. The molecule has 0 radical (unpaired) electrons. The molecule has 7 nitrogen and oxygen atoms in total. The van der Waals surface area contributed by atoms with Crippen LogP contribution in [0.2, 0.25) is 0 Å². The number of methoxy groups -OCH3 is 2. The summed E-state index contributed by atoms with van der Waals surface area (Å²) in [5.74, 6) is 0.0375. The molecule has 0 atom stereocenters. The lowest BCUT2D eigenvalue weighted by atomic mass is 10.2. The van der Waals surface area contributed by atoms with Gasteiger partial charge in [-0.1, -0.05) is 0 Å². The molecule has 2 N–H and O–H groups in total. The van der Waals surface area contributed by atoms with Gasteiger partial charge in [0.1, 0.15) is 17.3 Å². The topological polar surface area (TPSA) is 89.0 Å². The minimum absolute atomic E-state index is 0.0232. The maximum Gasteiger partial charge on any atom is 0.240 e. The van der Waals surface area contributed by atoms with Gasteiger partial charge in [-0.3, -0.25) is 9.59 Å². The predicted molar refractivity (Wildman–Crippen MR) is 99.5 cm³/mol. The Labute approximate surface area is 156 Å². The molecule has 8 heteroatoms. The molecule has 0 fully saturated rings. The first-order valence-corrected chi connectivity index (χ1v) is 8.11. The number of benzene rings is 2. The fourth-order valence-corrected chi connectivity index (χ4v) is 2.14. The van der Waals surface area contributed by atoms with Crippen molar-refractivity contribution in [3.63, 3.8) is 0 Å².